The normalized spacial score (nSPS) is 14.1. The molecule has 0 bridgehead atoms. The van der Waals surface area contributed by atoms with E-state index in [-0.39, 0.29) is 5.91 Å². The lowest BCUT2D eigenvalue weighted by Crippen LogP contribution is -2.15. The number of benzene rings is 1. The van der Waals surface area contributed by atoms with Gasteiger partial charge in [-0.25, -0.2) is 4.98 Å². The van der Waals surface area contributed by atoms with Gasteiger partial charge in [0, 0.05) is 23.4 Å². The van der Waals surface area contributed by atoms with Crippen LogP contribution in [-0.4, -0.2) is 25.7 Å². The molecule has 1 aromatic carbocycles. The van der Waals surface area contributed by atoms with Gasteiger partial charge in [-0.15, -0.1) is 11.3 Å². The van der Waals surface area contributed by atoms with Gasteiger partial charge in [0.05, 0.1) is 5.69 Å². The molecule has 0 spiro atoms. The zero-order valence-electron chi connectivity index (χ0n) is 16.5. The van der Waals surface area contributed by atoms with Crippen LogP contribution in [0.1, 0.15) is 48.2 Å². The van der Waals surface area contributed by atoms with Crippen molar-refractivity contribution in [3.05, 3.63) is 45.2 Å². The lowest BCUT2D eigenvalue weighted by molar-refractivity contribution is -0.116. The molecule has 3 aromatic rings. The lowest BCUT2D eigenvalue weighted by Gasteiger charge is -2.07. The van der Waals surface area contributed by atoms with E-state index in [1.807, 2.05) is 29.7 Å². The average Bonchev–Trinajstić information content (AvgIpc) is 3.23. The quantitative estimate of drug-likeness (QED) is 0.558. The third kappa shape index (κ3) is 4.82. The van der Waals surface area contributed by atoms with Crippen molar-refractivity contribution in [2.24, 2.45) is 0 Å². The van der Waals surface area contributed by atoms with Gasteiger partial charge in [0.2, 0.25) is 5.91 Å². The first-order valence-electron chi connectivity index (χ1n) is 10.1. The molecule has 0 saturated heterocycles. The van der Waals surface area contributed by atoms with Crippen LogP contribution >= 0.6 is 23.6 Å². The number of H-pyrrole nitrogens is 1. The van der Waals surface area contributed by atoms with E-state index in [1.54, 1.807) is 11.3 Å². The second-order valence-electron chi connectivity index (χ2n) is 7.47. The van der Waals surface area contributed by atoms with Crippen LogP contribution in [0.2, 0.25) is 0 Å². The zero-order chi connectivity index (χ0) is 20.2. The Labute approximate surface area is 179 Å². The number of fused-ring (bicyclic) bond motifs is 1. The largest absolute Gasteiger partial charge is 0.302 e. The third-order valence-electron chi connectivity index (χ3n) is 5.19. The van der Waals surface area contributed by atoms with Gasteiger partial charge in [-0.05, 0) is 50.9 Å². The molecule has 1 aliphatic carbocycles. The zero-order valence-corrected chi connectivity index (χ0v) is 18.2. The molecule has 2 aromatic heterocycles. The number of aromatic nitrogens is 4. The van der Waals surface area contributed by atoms with Crippen LogP contribution in [-0.2, 0) is 24.2 Å². The smallest absolute Gasteiger partial charge is 0.227 e. The molecule has 0 saturated carbocycles. The Bertz CT molecular complexity index is 1040. The maximum Gasteiger partial charge on any atom is 0.227 e. The van der Waals surface area contributed by atoms with Crippen molar-refractivity contribution in [2.75, 3.05) is 5.32 Å². The van der Waals surface area contributed by atoms with E-state index in [0.717, 1.165) is 34.9 Å². The van der Waals surface area contributed by atoms with Crippen LogP contribution in [0, 0.1) is 11.7 Å². The number of carbonyl (C=O) groups is 1. The maximum absolute atomic E-state index is 12.5. The number of anilines is 1. The maximum atomic E-state index is 12.5. The van der Waals surface area contributed by atoms with Crippen LogP contribution in [0.25, 0.3) is 11.4 Å². The van der Waals surface area contributed by atoms with Gasteiger partial charge in [-0.1, -0.05) is 36.6 Å². The summed E-state index contributed by atoms with van der Waals surface area (Å²) in [7, 11) is 0. The summed E-state index contributed by atoms with van der Waals surface area (Å²) in [6.45, 7) is 2.51. The fourth-order valence-electron chi connectivity index (χ4n) is 3.68. The summed E-state index contributed by atoms with van der Waals surface area (Å²) in [6, 6.07) is 8.10. The van der Waals surface area contributed by atoms with E-state index in [1.165, 1.54) is 36.3 Å². The molecule has 152 valence electrons. The predicted octanol–water partition coefficient (Wildman–Crippen LogP) is 5.06. The molecule has 1 aliphatic rings. The molecule has 4 rings (SSSR count). The molecule has 0 unspecified atom stereocenters. The van der Waals surface area contributed by atoms with E-state index in [0.29, 0.717) is 17.7 Å². The molecule has 0 radical (unpaired) electrons. The summed E-state index contributed by atoms with van der Waals surface area (Å²) >= 11 is 7.00. The first-order valence-corrected chi connectivity index (χ1v) is 11.3. The first-order chi connectivity index (χ1) is 14.1. The molecule has 0 aliphatic heterocycles. The molecule has 2 heterocycles. The Morgan fingerprint density at radius 1 is 1.28 bits per heavy atom. The number of thiazole rings is 1. The average molecular weight is 428 g/mol. The summed E-state index contributed by atoms with van der Waals surface area (Å²) in [6.07, 6.45) is 7.37. The SMILES string of the molecule is Cc1cccc(-c2n[nH]c(=S)n2CCC(=O)Nc2nc3c(s2)CCCCCC3)c1. The van der Waals surface area contributed by atoms with Gasteiger partial charge in [0.1, 0.15) is 0 Å². The van der Waals surface area contributed by atoms with Crippen molar-refractivity contribution >= 4 is 34.6 Å². The van der Waals surface area contributed by atoms with Crippen molar-refractivity contribution < 1.29 is 4.79 Å². The van der Waals surface area contributed by atoms with Gasteiger partial charge in [-0.3, -0.25) is 14.5 Å². The van der Waals surface area contributed by atoms with Crippen LogP contribution in [0.5, 0.6) is 0 Å². The number of amides is 1. The molecular formula is C21H25N5OS2. The number of aromatic amines is 1. The molecule has 0 atom stereocenters. The number of nitrogens with zero attached hydrogens (tertiary/aromatic N) is 3. The van der Waals surface area contributed by atoms with Crippen molar-refractivity contribution in [3.8, 4) is 11.4 Å². The number of aryl methyl sites for hydroxylation is 3. The van der Waals surface area contributed by atoms with E-state index >= 15 is 0 Å². The lowest BCUT2D eigenvalue weighted by atomic mass is 10.0. The number of nitrogens with one attached hydrogen (secondary N) is 2. The second kappa shape index (κ2) is 9.00. The van der Waals surface area contributed by atoms with E-state index in [2.05, 4.69) is 26.6 Å². The van der Waals surface area contributed by atoms with Crippen LogP contribution < -0.4 is 5.32 Å². The van der Waals surface area contributed by atoms with Crippen LogP contribution in [0.4, 0.5) is 5.13 Å². The highest BCUT2D eigenvalue weighted by atomic mass is 32.1. The van der Waals surface area contributed by atoms with Crippen molar-refractivity contribution in [2.45, 2.75) is 58.4 Å². The molecule has 8 heteroatoms. The standard InChI is InChI=1S/C21H25N5OS2/c1-14-7-6-8-15(13-14)19-24-25-21(28)26(19)12-11-18(27)23-20-22-16-9-4-2-3-5-10-17(16)29-20/h6-8,13H,2-5,9-12H2,1H3,(H,25,28)(H,22,23,27). The Balaban J connectivity index is 1.42. The van der Waals surface area contributed by atoms with Crippen molar-refractivity contribution in [1.82, 2.24) is 19.7 Å². The summed E-state index contributed by atoms with van der Waals surface area (Å²) in [5, 5.41) is 10.9. The van der Waals surface area contributed by atoms with Crippen molar-refractivity contribution in [3.63, 3.8) is 0 Å². The second-order valence-corrected chi connectivity index (χ2v) is 8.95. The van der Waals surface area contributed by atoms with E-state index in [9.17, 15) is 4.79 Å². The molecule has 0 fully saturated rings. The molecule has 1 amide bonds. The van der Waals surface area contributed by atoms with Crippen LogP contribution in [0.15, 0.2) is 24.3 Å². The van der Waals surface area contributed by atoms with Crippen LogP contribution in [0.3, 0.4) is 0 Å². The number of hydrogen-bond acceptors (Lipinski definition) is 5. The fraction of sp³-hybridized carbons (Fsp3) is 0.429. The molecule has 2 N–H and O–H groups in total. The highest BCUT2D eigenvalue weighted by molar-refractivity contribution is 7.71. The molecule has 6 nitrogen and oxygen atoms in total. The number of carbonyl (C=O) groups excluding carboxylic acids is 1. The van der Waals surface area contributed by atoms with Gasteiger partial charge in [0.15, 0.2) is 15.7 Å². The fourth-order valence-corrected chi connectivity index (χ4v) is 4.97. The summed E-state index contributed by atoms with van der Waals surface area (Å²) in [5.74, 6) is 0.703. The Hall–Kier alpha value is -2.32. The predicted molar refractivity (Wildman–Crippen MR) is 119 cm³/mol. The van der Waals surface area contributed by atoms with Gasteiger partial charge in [0.25, 0.3) is 0 Å². The highest BCUT2D eigenvalue weighted by Crippen LogP contribution is 2.28. The summed E-state index contributed by atoms with van der Waals surface area (Å²) in [5.41, 5.74) is 3.31. The van der Waals surface area contributed by atoms with Gasteiger partial charge < -0.3 is 5.32 Å². The van der Waals surface area contributed by atoms with Gasteiger partial charge >= 0.3 is 0 Å². The molecular weight excluding hydrogens is 402 g/mol. The number of rotatable bonds is 5. The van der Waals surface area contributed by atoms with Gasteiger partial charge in [-0.2, -0.15) is 5.10 Å². The summed E-state index contributed by atoms with van der Waals surface area (Å²) in [4.78, 5) is 18.5. The Kier molecular flexibility index (Phi) is 6.20. The first kappa shape index (κ1) is 20.0. The van der Waals surface area contributed by atoms with E-state index < -0.39 is 0 Å². The van der Waals surface area contributed by atoms with E-state index in [4.69, 9.17) is 12.2 Å². The Morgan fingerprint density at radius 3 is 2.93 bits per heavy atom. The highest BCUT2D eigenvalue weighted by Gasteiger charge is 2.16. The minimum Gasteiger partial charge on any atom is -0.302 e. The minimum absolute atomic E-state index is 0.0509. The number of hydrogen-bond donors (Lipinski definition) is 2. The topological polar surface area (TPSA) is 75.6 Å². The van der Waals surface area contributed by atoms with Crippen molar-refractivity contribution in [1.29, 1.82) is 0 Å². The summed E-state index contributed by atoms with van der Waals surface area (Å²) < 4.78 is 2.40. The minimum atomic E-state index is -0.0509. The monoisotopic (exact) mass is 427 g/mol. The Morgan fingerprint density at radius 2 is 2.10 bits per heavy atom. The third-order valence-corrected chi connectivity index (χ3v) is 6.57. The molecule has 29 heavy (non-hydrogen) atoms.